The van der Waals surface area contributed by atoms with E-state index < -0.39 is 5.97 Å². The molecule has 2 aromatic carbocycles. The number of anilines is 1. The molecule has 0 bridgehead atoms. The van der Waals surface area contributed by atoms with Crippen LogP contribution in [0.15, 0.2) is 47.3 Å². The number of carbonyl (C=O) groups is 2. The summed E-state index contributed by atoms with van der Waals surface area (Å²) < 4.78 is 4.51. The maximum atomic E-state index is 12.2. The smallest absolute Gasteiger partial charge is 0.325 e. The second-order valence-corrected chi connectivity index (χ2v) is 6.87. The first kappa shape index (κ1) is 21.6. The lowest BCUT2D eigenvalue weighted by Crippen LogP contribution is -2.30. The van der Waals surface area contributed by atoms with Gasteiger partial charge in [0.25, 0.3) is 11.5 Å². The number of hydrogen-bond acceptors (Lipinski definition) is 6. The molecule has 0 saturated heterocycles. The first-order chi connectivity index (χ1) is 14.9. The van der Waals surface area contributed by atoms with Crippen LogP contribution in [0.3, 0.4) is 0 Å². The number of ether oxygens (including phenoxy) is 1. The van der Waals surface area contributed by atoms with Crippen LogP contribution in [0.1, 0.15) is 21.7 Å². The number of H-pyrrole nitrogens is 1. The Labute approximate surface area is 179 Å². The normalized spacial score (nSPS) is 10.4. The number of aryl methyl sites for hydroxylation is 1. The molecule has 0 aliphatic rings. The van der Waals surface area contributed by atoms with Gasteiger partial charge in [-0.3, -0.25) is 14.4 Å². The minimum absolute atomic E-state index is 0.185. The summed E-state index contributed by atoms with van der Waals surface area (Å²) in [7, 11) is 1.26. The van der Waals surface area contributed by atoms with Crippen LogP contribution in [-0.4, -0.2) is 42.0 Å². The van der Waals surface area contributed by atoms with Gasteiger partial charge in [-0.15, -0.1) is 6.42 Å². The van der Waals surface area contributed by atoms with E-state index in [2.05, 4.69) is 25.9 Å². The van der Waals surface area contributed by atoms with Gasteiger partial charge in [0.2, 0.25) is 0 Å². The molecule has 0 atom stereocenters. The van der Waals surface area contributed by atoms with Crippen LogP contribution in [0.4, 0.5) is 5.69 Å². The molecule has 0 unspecified atom stereocenters. The second kappa shape index (κ2) is 9.59. The number of nitrogens with one attached hydrogen (secondary N) is 2. The van der Waals surface area contributed by atoms with E-state index >= 15 is 0 Å². The summed E-state index contributed by atoms with van der Waals surface area (Å²) >= 11 is 0. The topological polar surface area (TPSA) is 104 Å². The molecule has 2 N–H and O–H groups in total. The van der Waals surface area contributed by atoms with Gasteiger partial charge < -0.3 is 19.9 Å². The third-order valence-corrected chi connectivity index (χ3v) is 4.66. The van der Waals surface area contributed by atoms with Gasteiger partial charge in [0.05, 0.1) is 24.6 Å². The summed E-state index contributed by atoms with van der Waals surface area (Å²) in [6.45, 7) is 2.36. The number of benzene rings is 2. The Morgan fingerprint density at radius 3 is 2.65 bits per heavy atom. The van der Waals surface area contributed by atoms with Crippen LogP contribution >= 0.6 is 0 Å². The average Bonchev–Trinajstić information content (AvgIpc) is 2.77. The number of carbonyl (C=O) groups excluding carboxylic acids is 2. The maximum Gasteiger partial charge on any atom is 0.325 e. The predicted octanol–water partition coefficient (Wildman–Crippen LogP) is 1.77. The number of fused-ring (bicyclic) bond motifs is 1. The van der Waals surface area contributed by atoms with E-state index in [1.165, 1.54) is 7.11 Å². The first-order valence-electron chi connectivity index (χ1n) is 9.54. The molecule has 0 saturated carbocycles. The van der Waals surface area contributed by atoms with Gasteiger partial charge in [0.1, 0.15) is 12.4 Å². The average molecular weight is 418 g/mol. The van der Waals surface area contributed by atoms with Gasteiger partial charge in [-0.2, -0.15) is 0 Å². The molecule has 8 nitrogen and oxygen atoms in total. The second-order valence-electron chi connectivity index (χ2n) is 6.87. The molecular weight excluding hydrogens is 396 g/mol. The van der Waals surface area contributed by atoms with E-state index in [1.54, 1.807) is 37.3 Å². The summed E-state index contributed by atoms with van der Waals surface area (Å²) in [5.74, 6) is 2.30. The van der Waals surface area contributed by atoms with E-state index in [0.29, 0.717) is 35.4 Å². The van der Waals surface area contributed by atoms with Crippen molar-refractivity contribution in [2.24, 2.45) is 0 Å². The Balaban J connectivity index is 1.78. The molecule has 1 aromatic heterocycles. The molecule has 0 spiro atoms. The highest BCUT2D eigenvalue weighted by atomic mass is 16.5. The number of methoxy groups -OCH3 is 1. The molecule has 0 radical (unpaired) electrons. The molecule has 158 valence electrons. The molecule has 0 aliphatic heterocycles. The fraction of sp³-hybridized carbons (Fsp3) is 0.217. The number of aromatic amines is 1. The van der Waals surface area contributed by atoms with Crippen LogP contribution in [-0.2, 0) is 16.1 Å². The van der Waals surface area contributed by atoms with Gasteiger partial charge in [-0.25, -0.2) is 4.98 Å². The minimum Gasteiger partial charge on any atom is -0.468 e. The zero-order chi connectivity index (χ0) is 22.4. The standard InChI is InChI=1S/C23H22N4O4/c1-4-11-27(14-16-5-10-20-19(12-16)23(30)26-15(2)25-20)18-8-6-17(7-9-18)22(29)24-13-21(28)31-3/h1,5-10,12H,11,13-14H2,2-3H3,(H,24,29)(H,25,26,30). The van der Waals surface area contributed by atoms with E-state index in [9.17, 15) is 14.4 Å². The molecular formula is C23H22N4O4. The van der Waals surface area contributed by atoms with Crippen LogP contribution in [0.25, 0.3) is 10.9 Å². The fourth-order valence-corrected chi connectivity index (χ4v) is 3.12. The quantitative estimate of drug-likeness (QED) is 0.448. The number of amides is 1. The molecule has 8 heteroatoms. The Morgan fingerprint density at radius 1 is 1.23 bits per heavy atom. The lowest BCUT2D eigenvalue weighted by molar-refractivity contribution is -0.139. The van der Waals surface area contributed by atoms with Crippen molar-refractivity contribution in [2.75, 3.05) is 25.1 Å². The van der Waals surface area contributed by atoms with Crippen molar-refractivity contribution in [1.82, 2.24) is 15.3 Å². The van der Waals surface area contributed by atoms with Gasteiger partial charge in [-0.05, 0) is 48.9 Å². The predicted molar refractivity (Wildman–Crippen MR) is 118 cm³/mol. The molecule has 0 fully saturated rings. The molecule has 3 rings (SSSR count). The van der Waals surface area contributed by atoms with Crippen molar-refractivity contribution in [3.05, 3.63) is 69.8 Å². The molecule has 3 aromatic rings. The maximum absolute atomic E-state index is 12.2. The van der Waals surface area contributed by atoms with Crippen molar-refractivity contribution in [3.63, 3.8) is 0 Å². The fourth-order valence-electron chi connectivity index (χ4n) is 3.12. The SMILES string of the molecule is C#CCN(Cc1ccc2nc(C)[nH]c(=O)c2c1)c1ccc(C(=O)NCC(=O)OC)cc1. The number of nitrogens with zero attached hydrogens (tertiary/aromatic N) is 2. The first-order valence-corrected chi connectivity index (χ1v) is 9.54. The highest BCUT2D eigenvalue weighted by molar-refractivity contribution is 5.96. The molecule has 31 heavy (non-hydrogen) atoms. The van der Waals surface area contributed by atoms with Crippen molar-refractivity contribution in [3.8, 4) is 12.3 Å². The van der Waals surface area contributed by atoms with Gasteiger partial charge in [0, 0.05) is 17.8 Å². The summed E-state index contributed by atoms with van der Waals surface area (Å²) in [6, 6.07) is 12.4. The van der Waals surface area contributed by atoms with E-state index in [-0.39, 0.29) is 18.0 Å². The lowest BCUT2D eigenvalue weighted by atomic mass is 10.1. The number of rotatable bonds is 7. The largest absolute Gasteiger partial charge is 0.468 e. The zero-order valence-corrected chi connectivity index (χ0v) is 17.3. The monoisotopic (exact) mass is 418 g/mol. The Kier molecular flexibility index (Phi) is 6.67. The summed E-state index contributed by atoms with van der Waals surface area (Å²) in [5.41, 5.74) is 2.58. The Morgan fingerprint density at radius 2 is 1.97 bits per heavy atom. The minimum atomic E-state index is -0.523. The number of aromatic nitrogens is 2. The van der Waals surface area contributed by atoms with Gasteiger partial charge in [-0.1, -0.05) is 12.0 Å². The summed E-state index contributed by atoms with van der Waals surface area (Å²) in [6.07, 6.45) is 5.55. The number of hydrogen-bond donors (Lipinski definition) is 2. The van der Waals surface area contributed by atoms with Crippen molar-refractivity contribution in [2.45, 2.75) is 13.5 Å². The zero-order valence-electron chi connectivity index (χ0n) is 17.3. The van der Waals surface area contributed by atoms with E-state index in [4.69, 9.17) is 6.42 Å². The molecule has 1 heterocycles. The van der Waals surface area contributed by atoms with E-state index in [1.807, 2.05) is 17.0 Å². The highest BCUT2D eigenvalue weighted by Crippen LogP contribution is 2.19. The lowest BCUT2D eigenvalue weighted by Gasteiger charge is -2.23. The van der Waals surface area contributed by atoms with Crippen molar-refractivity contribution in [1.29, 1.82) is 0 Å². The van der Waals surface area contributed by atoms with Crippen molar-refractivity contribution >= 4 is 28.5 Å². The van der Waals surface area contributed by atoms with Gasteiger partial charge in [0.15, 0.2) is 0 Å². The van der Waals surface area contributed by atoms with Gasteiger partial charge >= 0.3 is 5.97 Å². The van der Waals surface area contributed by atoms with Crippen LogP contribution in [0.2, 0.25) is 0 Å². The third kappa shape index (κ3) is 5.28. The highest BCUT2D eigenvalue weighted by Gasteiger charge is 2.12. The summed E-state index contributed by atoms with van der Waals surface area (Å²) in [4.78, 5) is 44.5. The summed E-state index contributed by atoms with van der Waals surface area (Å²) in [5, 5.41) is 3.01. The number of terminal acetylenes is 1. The molecule has 0 aliphatic carbocycles. The van der Waals surface area contributed by atoms with Crippen molar-refractivity contribution < 1.29 is 14.3 Å². The van der Waals surface area contributed by atoms with Crippen LogP contribution < -0.4 is 15.8 Å². The van der Waals surface area contributed by atoms with Crippen LogP contribution in [0.5, 0.6) is 0 Å². The Hall–Kier alpha value is -4.12. The third-order valence-electron chi connectivity index (χ3n) is 4.66. The van der Waals surface area contributed by atoms with E-state index in [0.717, 1.165) is 11.3 Å². The van der Waals surface area contributed by atoms with Crippen LogP contribution in [0, 0.1) is 19.3 Å². The Bertz CT molecular complexity index is 1210. The molecule has 1 amide bonds. The number of esters is 1.